The Bertz CT molecular complexity index is 618. The molecule has 5 N–H and O–H groups in total. The Morgan fingerprint density at radius 3 is 2.65 bits per heavy atom. The molecule has 0 saturated heterocycles. The first-order valence-electron chi connectivity index (χ1n) is 7.96. The normalized spacial score (nSPS) is 20.4. The average molecular weight is 379 g/mol. The summed E-state index contributed by atoms with van der Waals surface area (Å²) in [6.07, 6.45) is -2.65. The molecule has 1 aliphatic rings. The summed E-state index contributed by atoms with van der Waals surface area (Å²) in [6, 6.07) is -0.719. The van der Waals surface area contributed by atoms with Crippen LogP contribution in [0, 0.1) is 0 Å². The minimum Gasteiger partial charge on any atom is -0.480 e. The van der Waals surface area contributed by atoms with Gasteiger partial charge in [-0.05, 0) is 38.8 Å². The quantitative estimate of drug-likeness (QED) is 0.355. The number of aliphatic hydroxyl groups excluding tert-OH is 1. The van der Waals surface area contributed by atoms with Crippen molar-refractivity contribution in [3.8, 4) is 0 Å². The van der Waals surface area contributed by atoms with Crippen LogP contribution < -0.4 is 11.1 Å². The van der Waals surface area contributed by atoms with Crippen LogP contribution in [0.5, 0.6) is 0 Å². The van der Waals surface area contributed by atoms with E-state index in [0.29, 0.717) is 0 Å². The van der Waals surface area contributed by atoms with Crippen molar-refractivity contribution in [2.75, 3.05) is 13.2 Å². The molecule has 0 aliphatic heterocycles. The standard InChI is InChI=1S/C16H24F3N3O4/c1-8(26-5-4-23)10-6-9(22-16(2,3)15(24)25)7-11(17)12(10)21-14(20)13(18)19/h7-9,13,22-23H,4-6H2,1-3H3,(H2,20,21)(H,24,25). The summed E-state index contributed by atoms with van der Waals surface area (Å²) < 4.78 is 45.2. The highest BCUT2D eigenvalue weighted by atomic mass is 19.3. The molecule has 2 unspecified atom stereocenters. The molecule has 0 amide bonds. The smallest absolute Gasteiger partial charge is 0.323 e. The molecule has 0 aromatic rings. The van der Waals surface area contributed by atoms with Gasteiger partial charge in [-0.2, -0.15) is 0 Å². The van der Waals surface area contributed by atoms with Gasteiger partial charge in [-0.3, -0.25) is 10.1 Å². The van der Waals surface area contributed by atoms with Gasteiger partial charge in [0, 0.05) is 6.04 Å². The van der Waals surface area contributed by atoms with Crippen LogP contribution in [0.2, 0.25) is 0 Å². The van der Waals surface area contributed by atoms with E-state index in [-0.39, 0.29) is 30.9 Å². The Kier molecular flexibility index (Phi) is 7.79. The zero-order valence-electron chi connectivity index (χ0n) is 14.8. The van der Waals surface area contributed by atoms with Crippen LogP contribution in [0.15, 0.2) is 28.2 Å². The van der Waals surface area contributed by atoms with Crippen LogP contribution in [0.1, 0.15) is 27.2 Å². The number of hydrogen-bond acceptors (Lipinski definition) is 5. The molecule has 148 valence electrons. The lowest BCUT2D eigenvalue weighted by molar-refractivity contribution is -0.143. The van der Waals surface area contributed by atoms with Gasteiger partial charge in [-0.1, -0.05) is 0 Å². The topological polar surface area (TPSA) is 117 Å². The summed E-state index contributed by atoms with van der Waals surface area (Å²) in [5.74, 6) is -3.08. The van der Waals surface area contributed by atoms with Gasteiger partial charge < -0.3 is 20.7 Å². The number of carboxylic acid groups (broad SMARTS) is 1. The number of rotatable bonds is 9. The molecule has 0 radical (unpaired) electrons. The number of nitrogens with zero attached hydrogens (tertiary/aromatic N) is 1. The molecule has 2 atom stereocenters. The number of halogens is 3. The number of aliphatic imine (C=N–C) groups is 1. The maximum Gasteiger partial charge on any atom is 0.323 e. The first-order chi connectivity index (χ1) is 12.0. The van der Waals surface area contributed by atoms with Gasteiger partial charge in [-0.25, -0.2) is 18.2 Å². The number of carboxylic acids is 1. The van der Waals surface area contributed by atoms with E-state index in [4.69, 9.17) is 15.6 Å². The minimum atomic E-state index is -3.05. The molecule has 0 aromatic carbocycles. The molecule has 0 fully saturated rings. The number of aliphatic hydroxyl groups is 1. The van der Waals surface area contributed by atoms with Crippen molar-refractivity contribution in [3.05, 3.63) is 23.2 Å². The van der Waals surface area contributed by atoms with E-state index in [1.54, 1.807) is 6.92 Å². The lowest BCUT2D eigenvalue weighted by Crippen LogP contribution is -2.51. The first kappa shape index (κ1) is 22.1. The number of ether oxygens (including phenoxy) is 1. The first-order valence-corrected chi connectivity index (χ1v) is 7.96. The third-order valence-electron chi connectivity index (χ3n) is 3.81. The van der Waals surface area contributed by atoms with Gasteiger partial charge in [0.2, 0.25) is 0 Å². The Morgan fingerprint density at radius 2 is 2.15 bits per heavy atom. The van der Waals surface area contributed by atoms with Crippen LogP contribution in [0.3, 0.4) is 0 Å². The predicted octanol–water partition coefficient (Wildman–Crippen LogP) is 1.34. The Balaban J connectivity index is 3.22. The van der Waals surface area contributed by atoms with Gasteiger partial charge in [-0.15, -0.1) is 0 Å². The van der Waals surface area contributed by atoms with E-state index < -0.39 is 41.7 Å². The third-order valence-corrected chi connectivity index (χ3v) is 3.81. The fraction of sp³-hybridized carbons (Fsp3) is 0.625. The van der Waals surface area contributed by atoms with E-state index in [0.717, 1.165) is 6.08 Å². The summed E-state index contributed by atoms with van der Waals surface area (Å²) in [6.45, 7) is 4.06. The van der Waals surface area contributed by atoms with Gasteiger partial charge in [0.15, 0.2) is 5.84 Å². The fourth-order valence-electron chi connectivity index (χ4n) is 2.41. The third kappa shape index (κ3) is 5.82. The van der Waals surface area contributed by atoms with Crippen molar-refractivity contribution < 1.29 is 32.9 Å². The zero-order chi connectivity index (χ0) is 20.1. The molecular weight excluding hydrogens is 355 g/mol. The predicted molar refractivity (Wildman–Crippen MR) is 89.6 cm³/mol. The molecular formula is C16H24F3N3O4. The van der Waals surface area contributed by atoms with Crippen molar-refractivity contribution >= 4 is 11.8 Å². The summed E-state index contributed by atoms with van der Waals surface area (Å²) >= 11 is 0. The molecule has 26 heavy (non-hydrogen) atoms. The van der Waals surface area contributed by atoms with E-state index in [2.05, 4.69) is 10.3 Å². The average Bonchev–Trinajstić information content (AvgIpc) is 2.53. The Morgan fingerprint density at radius 1 is 1.54 bits per heavy atom. The van der Waals surface area contributed by atoms with Crippen molar-refractivity contribution in [1.82, 2.24) is 5.32 Å². The van der Waals surface area contributed by atoms with Gasteiger partial charge in [0.1, 0.15) is 17.1 Å². The minimum absolute atomic E-state index is 0.0456. The fourth-order valence-corrected chi connectivity index (χ4v) is 2.41. The summed E-state index contributed by atoms with van der Waals surface area (Å²) in [4.78, 5) is 14.7. The second-order valence-corrected chi connectivity index (χ2v) is 6.35. The van der Waals surface area contributed by atoms with E-state index >= 15 is 0 Å². The largest absolute Gasteiger partial charge is 0.480 e. The lowest BCUT2D eigenvalue weighted by atomic mass is 9.91. The van der Waals surface area contributed by atoms with Crippen LogP contribution >= 0.6 is 0 Å². The lowest BCUT2D eigenvalue weighted by Gasteiger charge is -2.31. The van der Waals surface area contributed by atoms with E-state index in [9.17, 15) is 23.1 Å². The molecule has 0 heterocycles. The summed E-state index contributed by atoms with van der Waals surface area (Å²) in [5.41, 5.74) is 3.68. The van der Waals surface area contributed by atoms with Crippen molar-refractivity contribution in [2.24, 2.45) is 10.7 Å². The van der Waals surface area contributed by atoms with Crippen molar-refractivity contribution in [2.45, 2.75) is 51.3 Å². The van der Waals surface area contributed by atoms with E-state index in [1.807, 2.05) is 0 Å². The molecule has 0 spiro atoms. The highest BCUT2D eigenvalue weighted by molar-refractivity contribution is 5.84. The molecule has 0 bridgehead atoms. The maximum absolute atomic E-state index is 14.5. The van der Waals surface area contributed by atoms with Gasteiger partial charge in [0.05, 0.1) is 19.3 Å². The molecule has 7 nitrogen and oxygen atoms in total. The number of nitrogens with two attached hydrogens (primary N) is 1. The van der Waals surface area contributed by atoms with Gasteiger partial charge >= 0.3 is 5.97 Å². The number of amidine groups is 1. The monoisotopic (exact) mass is 379 g/mol. The van der Waals surface area contributed by atoms with Crippen LogP contribution in [-0.2, 0) is 9.53 Å². The zero-order valence-corrected chi connectivity index (χ0v) is 14.8. The van der Waals surface area contributed by atoms with Crippen LogP contribution in [0.4, 0.5) is 13.2 Å². The number of hydrogen-bond donors (Lipinski definition) is 4. The number of carbonyl (C=O) groups is 1. The van der Waals surface area contributed by atoms with E-state index in [1.165, 1.54) is 13.8 Å². The molecule has 0 saturated carbocycles. The highest BCUT2D eigenvalue weighted by Gasteiger charge is 2.33. The number of aliphatic carboxylic acids is 1. The van der Waals surface area contributed by atoms with Gasteiger partial charge in [0.25, 0.3) is 6.43 Å². The Hall–Kier alpha value is -1.91. The molecule has 0 aromatic heterocycles. The number of allylic oxidation sites excluding steroid dienone is 1. The molecule has 10 heteroatoms. The van der Waals surface area contributed by atoms with Crippen molar-refractivity contribution in [1.29, 1.82) is 0 Å². The van der Waals surface area contributed by atoms with Crippen molar-refractivity contribution in [3.63, 3.8) is 0 Å². The second-order valence-electron chi connectivity index (χ2n) is 6.35. The highest BCUT2D eigenvalue weighted by Crippen LogP contribution is 2.32. The number of nitrogens with one attached hydrogen (secondary N) is 1. The van der Waals surface area contributed by atoms with Crippen LogP contribution in [0.25, 0.3) is 0 Å². The maximum atomic E-state index is 14.5. The molecule has 1 rings (SSSR count). The summed E-state index contributed by atoms with van der Waals surface area (Å²) in [5, 5.41) is 20.8. The SMILES string of the molecule is CC(OCCO)C1=C(N=C(N)C(F)F)C(F)=CC(NC(C)(C)C(=O)O)C1. The molecule has 1 aliphatic carbocycles. The number of alkyl halides is 2. The second kappa shape index (κ2) is 9.15. The Labute approximate surface area is 149 Å². The summed E-state index contributed by atoms with van der Waals surface area (Å²) in [7, 11) is 0. The van der Waals surface area contributed by atoms with Crippen LogP contribution in [-0.4, -0.2) is 59.3 Å².